The highest BCUT2D eigenvalue weighted by molar-refractivity contribution is 7.89. The number of likely N-dealkylation sites (tertiary alicyclic amines) is 1. The first kappa shape index (κ1) is 24.6. The Hall–Kier alpha value is -2.47. The summed E-state index contributed by atoms with van der Waals surface area (Å²) in [5.74, 6) is 0.795. The molecule has 0 aliphatic carbocycles. The largest absolute Gasteiger partial charge is 0.303 e. The lowest BCUT2D eigenvalue weighted by atomic mass is 9.89. The van der Waals surface area contributed by atoms with Gasteiger partial charge in [0.05, 0.1) is 4.90 Å². The molecule has 5 heteroatoms. The van der Waals surface area contributed by atoms with Gasteiger partial charge in [-0.05, 0) is 80.9 Å². The van der Waals surface area contributed by atoms with Crippen molar-refractivity contribution in [3.8, 4) is 0 Å². The van der Waals surface area contributed by atoms with Crippen LogP contribution in [0.2, 0.25) is 0 Å². The van der Waals surface area contributed by atoms with E-state index in [1.54, 1.807) is 31.3 Å². The summed E-state index contributed by atoms with van der Waals surface area (Å²) in [4.78, 5) is 2.90. The third kappa shape index (κ3) is 6.15. The van der Waals surface area contributed by atoms with Gasteiger partial charge in [0.2, 0.25) is 10.0 Å². The zero-order valence-electron chi connectivity index (χ0n) is 20.3. The first-order valence-electron chi connectivity index (χ1n) is 12.3. The Bertz CT molecular complexity index is 1120. The molecule has 0 saturated carbocycles. The number of rotatable bonds is 9. The van der Waals surface area contributed by atoms with Gasteiger partial charge in [0.15, 0.2) is 0 Å². The highest BCUT2D eigenvalue weighted by Gasteiger charge is 2.26. The van der Waals surface area contributed by atoms with Crippen molar-refractivity contribution in [2.75, 3.05) is 33.2 Å². The van der Waals surface area contributed by atoms with Crippen molar-refractivity contribution in [2.45, 2.75) is 42.9 Å². The number of piperidine rings is 1. The van der Waals surface area contributed by atoms with Gasteiger partial charge >= 0.3 is 0 Å². The van der Waals surface area contributed by atoms with E-state index in [9.17, 15) is 8.42 Å². The Labute approximate surface area is 205 Å². The molecule has 180 valence electrons. The number of aryl methyl sites for hydroxylation is 1. The predicted octanol–water partition coefficient (Wildman–Crippen LogP) is 5.67. The maximum atomic E-state index is 13.1. The van der Waals surface area contributed by atoms with Gasteiger partial charge in [-0.3, -0.25) is 0 Å². The van der Waals surface area contributed by atoms with Crippen molar-refractivity contribution in [3.05, 3.63) is 102 Å². The minimum Gasteiger partial charge on any atom is -0.303 e. The van der Waals surface area contributed by atoms with Crippen molar-refractivity contribution >= 4 is 10.0 Å². The van der Waals surface area contributed by atoms with Crippen LogP contribution in [-0.2, 0) is 10.0 Å². The molecule has 0 radical (unpaired) electrons. The molecule has 0 N–H and O–H groups in total. The van der Waals surface area contributed by atoms with Gasteiger partial charge in [0.25, 0.3) is 0 Å². The normalized spacial score (nSPS) is 16.6. The van der Waals surface area contributed by atoms with Crippen LogP contribution < -0.4 is 0 Å². The standard InChI is InChI=1S/C29H36N2O2S/c1-24-13-15-26(16-14-24)28(23-30(2)34(32,33)29-11-7-4-8-12-29)19-22-31-20-17-27(18-21-31)25-9-5-3-6-10-25/h3-16,27-28H,17-23H2,1-2H3. The Morgan fingerprint density at radius 3 is 2.09 bits per heavy atom. The molecule has 3 aromatic carbocycles. The first-order valence-corrected chi connectivity index (χ1v) is 13.7. The lowest BCUT2D eigenvalue weighted by Gasteiger charge is -2.33. The van der Waals surface area contributed by atoms with Crippen LogP contribution in [0.5, 0.6) is 0 Å². The molecule has 1 heterocycles. The van der Waals surface area contributed by atoms with Gasteiger partial charge in [0.1, 0.15) is 0 Å². The van der Waals surface area contributed by atoms with Crippen molar-refractivity contribution in [1.29, 1.82) is 0 Å². The van der Waals surface area contributed by atoms with Crippen molar-refractivity contribution in [1.82, 2.24) is 9.21 Å². The second-order valence-electron chi connectivity index (χ2n) is 9.52. The van der Waals surface area contributed by atoms with E-state index in [4.69, 9.17) is 0 Å². The summed E-state index contributed by atoms with van der Waals surface area (Å²) in [6.45, 7) is 5.73. The molecular weight excluding hydrogens is 440 g/mol. The van der Waals surface area contributed by atoms with Crippen LogP contribution in [0.15, 0.2) is 89.8 Å². The van der Waals surface area contributed by atoms with Gasteiger partial charge in [-0.25, -0.2) is 12.7 Å². The summed E-state index contributed by atoms with van der Waals surface area (Å²) in [6.07, 6.45) is 3.30. The molecule has 34 heavy (non-hydrogen) atoms. The zero-order valence-corrected chi connectivity index (χ0v) is 21.1. The van der Waals surface area contributed by atoms with Crippen molar-refractivity contribution < 1.29 is 8.42 Å². The van der Waals surface area contributed by atoms with Crippen molar-refractivity contribution in [3.63, 3.8) is 0 Å². The second kappa shape index (κ2) is 11.3. The number of hydrogen-bond donors (Lipinski definition) is 0. The van der Waals surface area contributed by atoms with Gasteiger partial charge < -0.3 is 4.90 Å². The van der Waals surface area contributed by atoms with E-state index in [0.29, 0.717) is 17.4 Å². The smallest absolute Gasteiger partial charge is 0.242 e. The van der Waals surface area contributed by atoms with Gasteiger partial charge in [-0.1, -0.05) is 78.4 Å². The van der Waals surface area contributed by atoms with E-state index >= 15 is 0 Å². The molecule has 1 atom stereocenters. The number of likely N-dealkylation sites (N-methyl/N-ethyl adjacent to an activating group) is 1. The molecule has 1 unspecified atom stereocenters. The summed E-state index contributed by atoms with van der Waals surface area (Å²) >= 11 is 0. The van der Waals surface area contributed by atoms with Crippen LogP contribution in [0.3, 0.4) is 0 Å². The van der Waals surface area contributed by atoms with Crippen LogP contribution in [0.1, 0.15) is 47.8 Å². The van der Waals surface area contributed by atoms with E-state index < -0.39 is 10.0 Å². The van der Waals surface area contributed by atoms with E-state index in [-0.39, 0.29) is 5.92 Å². The van der Waals surface area contributed by atoms with E-state index in [0.717, 1.165) is 26.1 Å². The minimum atomic E-state index is -3.51. The summed E-state index contributed by atoms with van der Waals surface area (Å²) in [7, 11) is -1.81. The van der Waals surface area contributed by atoms with Gasteiger partial charge in [-0.2, -0.15) is 0 Å². The Balaban J connectivity index is 1.41. The van der Waals surface area contributed by atoms with Crippen LogP contribution in [0, 0.1) is 6.92 Å². The third-order valence-corrected chi connectivity index (χ3v) is 8.97. The number of benzene rings is 3. The monoisotopic (exact) mass is 476 g/mol. The highest BCUT2D eigenvalue weighted by atomic mass is 32.2. The SMILES string of the molecule is Cc1ccc(C(CCN2CCC(c3ccccc3)CC2)CN(C)S(=O)(=O)c2ccccc2)cc1. The fraction of sp³-hybridized carbons (Fsp3) is 0.379. The molecule has 0 spiro atoms. The number of hydrogen-bond acceptors (Lipinski definition) is 3. The predicted molar refractivity (Wildman–Crippen MR) is 140 cm³/mol. The van der Waals surface area contributed by atoms with Crippen LogP contribution in [0.4, 0.5) is 0 Å². The zero-order chi connectivity index (χ0) is 24.0. The Kier molecular flexibility index (Phi) is 8.19. The maximum Gasteiger partial charge on any atom is 0.242 e. The molecule has 1 saturated heterocycles. The van der Waals surface area contributed by atoms with Crippen molar-refractivity contribution in [2.24, 2.45) is 0 Å². The summed E-state index contributed by atoms with van der Waals surface area (Å²) in [5, 5.41) is 0. The lowest BCUT2D eigenvalue weighted by molar-refractivity contribution is 0.203. The molecule has 0 aromatic heterocycles. The van der Waals surface area contributed by atoms with Crippen LogP contribution >= 0.6 is 0 Å². The maximum absolute atomic E-state index is 13.1. The average Bonchev–Trinajstić information content (AvgIpc) is 2.88. The molecule has 3 aromatic rings. The first-order chi connectivity index (χ1) is 16.4. The number of sulfonamides is 1. The highest BCUT2D eigenvalue weighted by Crippen LogP contribution is 2.29. The van der Waals surface area contributed by atoms with Crippen LogP contribution in [0.25, 0.3) is 0 Å². The molecule has 1 aliphatic heterocycles. The second-order valence-corrected chi connectivity index (χ2v) is 11.6. The number of nitrogens with zero attached hydrogens (tertiary/aromatic N) is 2. The molecular formula is C29H36N2O2S. The lowest BCUT2D eigenvalue weighted by Crippen LogP contribution is -2.36. The molecule has 4 nitrogen and oxygen atoms in total. The summed E-state index contributed by atoms with van der Waals surface area (Å²) in [6, 6.07) is 28.1. The third-order valence-electron chi connectivity index (χ3n) is 7.13. The van der Waals surface area contributed by atoms with Gasteiger partial charge in [-0.15, -0.1) is 0 Å². The van der Waals surface area contributed by atoms with E-state index in [1.807, 2.05) is 6.07 Å². The molecule has 1 aliphatic rings. The fourth-order valence-corrected chi connectivity index (χ4v) is 6.17. The average molecular weight is 477 g/mol. The molecule has 0 amide bonds. The molecule has 4 rings (SSSR count). The Morgan fingerprint density at radius 2 is 1.47 bits per heavy atom. The topological polar surface area (TPSA) is 40.6 Å². The minimum absolute atomic E-state index is 0.149. The van der Waals surface area contributed by atoms with E-state index in [1.165, 1.54) is 33.8 Å². The quantitative estimate of drug-likeness (QED) is 0.400. The fourth-order valence-electron chi connectivity index (χ4n) is 4.94. The Morgan fingerprint density at radius 1 is 0.882 bits per heavy atom. The molecule has 1 fully saturated rings. The summed E-state index contributed by atoms with van der Waals surface area (Å²) in [5.41, 5.74) is 3.88. The van der Waals surface area contributed by atoms with E-state index in [2.05, 4.69) is 66.4 Å². The summed E-state index contributed by atoms with van der Waals surface area (Å²) < 4.78 is 27.8. The van der Waals surface area contributed by atoms with Gasteiger partial charge in [0, 0.05) is 13.6 Å². The van der Waals surface area contributed by atoms with Crippen LogP contribution in [-0.4, -0.2) is 50.8 Å². The molecule has 0 bridgehead atoms.